The molecule has 0 aliphatic rings. The van der Waals surface area contributed by atoms with Gasteiger partial charge >= 0.3 is 0 Å². The van der Waals surface area contributed by atoms with Gasteiger partial charge in [0.1, 0.15) is 0 Å². The van der Waals surface area contributed by atoms with Gasteiger partial charge in [-0.3, -0.25) is 9.78 Å². The number of carbonyl (C=O) groups is 1. The van der Waals surface area contributed by atoms with E-state index in [1.54, 1.807) is 12.4 Å². The summed E-state index contributed by atoms with van der Waals surface area (Å²) in [6.45, 7) is 2.51. The predicted molar refractivity (Wildman–Crippen MR) is 107 cm³/mol. The Kier molecular flexibility index (Phi) is 4.62. The highest BCUT2D eigenvalue weighted by molar-refractivity contribution is 6.07. The number of carbonyl (C=O) groups excluding carboxylic acids is 1. The number of hydrogen-bond donors (Lipinski definition) is 1. The number of nitrogens with one attached hydrogen (secondary N) is 1. The van der Waals surface area contributed by atoms with Gasteiger partial charge in [-0.15, -0.1) is 0 Å². The van der Waals surface area contributed by atoms with E-state index in [4.69, 9.17) is 4.98 Å². The van der Waals surface area contributed by atoms with Gasteiger partial charge in [-0.1, -0.05) is 48.0 Å². The Labute approximate surface area is 157 Å². The van der Waals surface area contributed by atoms with Crippen LogP contribution in [0.15, 0.2) is 79.1 Å². The maximum atomic E-state index is 12.9. The Bertz CT molecular complexity index is 1090. The maximum Gasteiger partial charge on any atom is 0.252 e. The lowest BCUT2D eigenvalue weighted by Gasteiger charge is -2.11. The molecule has 0 unspecified atom stereocenters. The standard InChI is InChI=1S/C23H19N3O/c1-16-6-8-18(9-7-16)22-14-20(19-4-2-3-5-21(19)26-22)23(27)25-15-17-10-12-24-13-11-17/h2-14H,15H2,1H3,(H,25,27). The molecule has 0 spiro atoms. The van der Waals surface area contributed by atoms with Crippen molar-refractivity contribution in [1.29, 1.82) is 0 Å². The summed E-state index contributed by atoms with van der Waals surface area (Å²) in [5, 5.41) is 3.85. The van der Waals surface area contributed by atoms with Crippen molar-refractivity contribution < 1.29 is 4.79 Å². The monoisotopic (exact) mass is 353 g/mol. The second-order valence-electron chi connectivity index (χ2n) is 6.48. The van der Waals surface area contributed by atoms with Gasteiger partial charge in [0, 0.05) is 29.9 Å². The second kappa shape index (κ2) is 7.38. The number of benzene rings is 2. The van der Waals surface area contributed by atoms with E-state index in [9.17, 15) is 4.79 Å². The van der Waals surface area contributed by atoms with Crippen molar-refractivity contribution in [2.45, 2.75) is 13.5 Å². The number of amides is 1. The third kappa shape index (κ3) is 3.70. The molecule has 4 rings (SSSR count). The van der Waals surface area contributed by atoms with E-state index in [2.05, 4.69) is 29.4 Å². The minimum atomic E-state index is -0.112. The zero-order valence-electron chi connectivity index (χ0n) is 15.0. The fourth-order valence-electron chi connectivity index (χ4n) is 3.01. The van der Waals surface area contributed by atoms with Crippen LogP contribution in [0.5, 0.6) is 0 Å². The molecule has 0 saturated heterocycles. The average molecular weight is 353 g/mol. The molecule has 2 aromatic carbocycles. The van der Waals surface area contributed by atoms with E-state index in [0.29, 0.717) is 12.1 Å². The summed E-state index contributed by atoms with van der Waals surface area (Å²) in [5.74, 6) is -0.112. The Morgan fingerprint density at radius 2 is 1.70 bits per heavy atom. The topological polar surface area (TPSA) is 54.9 Å². The van der Waals surface area contributed by atoms with Crippen LogP contribution < -0.4 is 5.32 Å². The van der Waals surface area contributed by atoms with E-state index in [0.717, 1.165) is 27.7 Å². The summed E-state index contributed by atoms with van der Waals surface area (Å²) in [4.78, 5) is 21.7. The highest BCUT2D eigenvalue weighted by atomic mass is 16.1. The van der Waals surface area contributed by atoms with Crippen molar-refractivity contribution in [2.75, 3.05) is 0 Å². The summed E-state index contributed by atoms with van der Waals surface area (Å²) in [6.07, 6.45) is 3.44. The predicted octanol–water partition coefficient (Wildman–Crippen LogP) is 4.54. The minimum absolute atomic E-state index is 0.112. The fraction of sp³-hybridized carbons (Fsp3) is 0.0870. The van der Waals surface area contributed by atoms with Crippen molar-refractivity contribution in [1.82, 2.24) is 15.3 Å². The molecule has 1 amide bonds. The van der Waals surface area contributed by atoms with E-state index < -0.39 is 0 Å². The third-order valence-electron chi connectivity index (χ3n) is 4.51. The highest BCUT2D eigenvalue weighted by Crippen LogP contribution is 2.25. The molecule has 0 aliphatic heterocycles. The normalized spacial score (nSPS) is 10.7. The summed E-state index contributed by atoms with van der Waals surface area (Å²) in [7, 11) is 0. The summed E-state index contributed by atoms with van der Waals surface area (Å²) in [5.41, 5.74) is 5.43. The number of hydrogen-bond acceptors (Lipinski definition) is 3. The zero-order valence-corrected chi connectivity index (χ0v) is 15.0. The van der Waals surface area contributed by atoms with Crippen LogP contribution in [0.25, 0.3) is 22.2 Å². The number of aromatic nitrogens is 2. The molecular weight excluding hydrogens is 334 g/mol. The van der Waals surface area contributed by atoms with Crippen LogP contribution in [0.4, 0.5) is 0 Å². The molecule has 4 heteroatoms. The fourth-order valence-corrected chi connectivity index (χ4v) is 3.01. The number of aryl methyl sites for hydroxylation is 1. The quantitative estimate of drug-likeness (QED) is 0.586. The smallest absolute Gasteiger partial charge is 0.252 e. The summed E-state index contributed by atoms with van der Waals surface area (Å²) >= 11 is 0. The van der Waals surface area contributed by atoms with E-state index in [1.807, 2.05) is 54.6 Å². The lowest BCUT2D eigenvalue weighted by atomic mass is 10.0. The molecule has 27 heavy (non-hydrogen) atoms. The molecule has 4 nitrogen and oxygen atoms in total. The maximum absolute atomic E-state index is 12.9. The van der Waals surface area contributed by atoms with Crippen LogP contribution >= 0.6 is 0 Å². The van der Waals surface area contributed by atoms with Gasteiger partial charge in [0.25, 0.3) is 5.91 Å². The first-order valence-electron chi connectivity index (χ1n) is 8.84. The van der Waals surface area contributed by atoms with Gasteiger partial charge in [-0.05, 0) is 36.8 Å². The Hall–Kier alpha value is -3.53. The molecular formula is C23H19N3O. The van der Waals surface area contributed by atoms with Crippen molar-refractivity contribution in [2.24, 2.45) is 0 Å². The van der Waals surface area contributed by atoms with Crippen molar-refractivity contribution in [3.8, 4) is 11.3 Å². The molecule has 0 saturated carbocycles. The van der Waals surface area contributed by atoms with E-state index in [-0.39, 0.29) is 5.91 Å². The van der Waals surface area contributed by atoms with E-state index >= 15 is 0 Å². The highest BCUT2D eigenvalue weighted by Gasteiger charge is 2.13. The molecule has 2 aromatic heterocycles. The molecule has 0 fully saturated rings. The summed E-state index contributed by atoms with van der Waals surface area (Å²) < 4.78 is 0. The van der Waals surface area contributed by atoms with Gasteiger partial charge in [0.15, 0.2) is 0 Å². The number of para-hydroxylation sites is 1. The SMILES string of the molecule is Cc1ccc(-c2cc(C(=O)NCc3ccncc3)c3ccccc3n2)cc1. The number of rotatable bonds is 4. The van der Waals surface area contributed by atoms with Crippen LogP contribution in [0, 0.1) is 6.92 Å². The minimum Gasteiger partial charge on any atom is -0.348 e. The number of nitrogens with zero attached hydrogens (tertiary/aromatic N) is 2. The van der Waals surface area contributed by atoms with Crippen LogP contribution in [-0.4, -0.2) is 15.9 Å². The van der Waals surface area contributed by atoms with Gasteiger partial charge in [0.05, 0.1) is 16.8 Å². The van der Waals surface area contributed by atoms with Crippen LogP contribution in [0.3, 0.4) is 0 Å². The first-order chi connectivity index (χ1) is 13.2. The first-order valence-corrected chi connectivity index (χ1v) is 8.84. The van der Waals surface area contributed by atoms with Crippen LogP contribution in [0.2, 0.25) is 0 Å². The molecule has 0 radical (unpaired) electrons. The summed E-state index contributed by atoms with van der Waals surface area (Å²) in [6, 6.07) is 21.6. The lowest BCUT2D eigenvalue weighted by molar-refractivity contribution is 0.0952. The Morgan fingerprint density at radius 3 is 2.48 bits per heavy atom. The second-order valence-corrected chi connectivity index (χ2v) is 6.48. The van der Waals surface area contributed by atoms with Gasteiger partial charge in [-0.2, -0.15) is 0 Å². The molecule has 0 atom stereocenters. The lowest BCUT2D eigenvalue weighted by Crippen LogP contribution is -2.23. The molecule has 2 heterocycles. The van der Waals surface area contributed by atoms with Crippen LogP contribution in [-0.2, 0) is 6.54 Å². The zero-order chi connectivity index (χ0) is 18.6. The molecule has 4 aromatic rings. The van der Waals surface area contributed by atoms with E-state index in [1.165, 1.54) is 5.56 Å². The van der Waals surface area contributed by atoms with Crippen molar-refractivity contribution in [3.63, 3.8) is 0 Å². The van der Waals surface area contributed by atoms with Crippen molar-refractivity contribution in [3.05, 3.63) is 95.8 Å². The molecule has 1 N–H and O–H groups in total. The number of fused-ring (bicyclic) bond motifs is 1. The first kappa shape index (κ1) is 16.9. The Balaban J connectivity index is 1.72. The Morgan fingerprint density at radius 1 is 0.963 bits per heavy atom. The van der Waals surface area contributed by atoms with Crippen LogP contribution in [0.1, 0.15) is 21.5 Å². The van der Waals surface area contributed by atoms with Crippen molar-refractivity contribution >= 4 is 16.8 Å². The third-order valence-corrected chi connectivity index (χ3v) is 4.51. The van der Waals surface area contributed by atoms with Gasteiger partial charge < -0.3 is 5.32 Å². The van der Waals surface area contributed by atoms with Gasteiger partial charge in [-0.25, -0.2) is 4.98 Å². The molecule has 0 aliphatic carbocycles. The van der Waals surface area contributed by atoms with Gasteiger partial charge in [0.2, 0.25) is 0 Å². The largest absolute Gasteiger partial charge is 0.348 e. The average Bonchev–Trinajstić information content (AvgIpc) is 2.72. The molecule has 132 valence electrons. The molecule has 0 bridgehead atoms. The number of pyridine rings is 2.